The van der Waals surface area contributed by atoms with Gasteiger partial charge in [-0.2, -0.15) is 0 Å². The standard InChI is InChI=1S/C10H11Cl2NO2/c1-15-8-5-3-2-4-7(8)13-10(14)6-9(11)12/h2-5,9H,6H2,1H3,(H,13,14). The Labute approximate surface area is 98.3 Å². The van der Waals surface area contributed by atoms with Crippen molar-refractivity contribution in [1.29, 1.82) is 0 Å². The van der Waals surface area contributed by atoms with Gasteiger partial charge in [0.15, 0.2) is 0 Å². The lowest BCUT2D eigenvalue weighted by Crippen LogP contribution is -2.14. The van der Waals surface area contributed by atoms with E-state index in [0.717, 1.165) is 0 Å². The van der Waals surface area contributed by atoms with Gasteiger partial charge in [0, 0.05) is 0 Å². The summed E-state index contributed by atoms with van der Waals surface area (Å²) in [6.45, 7) is 0. The Bertz CT molecular complexity index is 342. The van der Waals surface area contributed by atoms with Gasteiger partial charge in [0.25, 0.3) is 0 Å². The van der Waals surface area contributed by atoms with Gasteiger partial charge in [-0.05, 0) is 12.1 Å². The molecule has 1 amide bonds. The number of amides is 1. The maximum Gasteiger partial charge on any atom is 0.227 e. The molecule has 5 heteroatoms. The average Bonchev–Trinajstić information content (AvgIpc) is 2.17. The Balaban J connectivity index is 2.67. The van der Waals surface area contributed by atoms with E-state index in [0.29, 0.717) is 11.4 Å². The third-order valence-electron chi connectivity index (χ3n) is 1.72. The summed E-state index contributed by atoms with van der Waals surface area (Å²) in [6.07, 6.45) is 0.0567. The van der Waals surface area contributed by atoms with E-state index < -0.39 is 4.84 Å². The van der Waals surface area contributed by atoms with Gasteiger partial charge in [0.05, 0.1) is 19.2 Å². The Hall–Kier alpha value is -0.930. The maximum absolute atomic E-state index is 11.4. The molecule has 0 spiro atoms. The van der Waals surface area contributed by atoms with Crippen molar-refractivity contribution < 1.29 is 9.53 Å². The van der Waals surface area contributed by atoms with Crippen LogP contribution in [0, 0.1) is 0 Å². The number of nitrogens with one attached hydrogen (secondary N) is 1. The van der Waals surface area contributed by atoms with Crippen LogP contribution in [-0.4, -0.2) is 17.9 Å². The molecule has 1 aromatic carbocycles. The summed E-state index contributed by atoms with van der Waals surface area (Å²) in [4.78, 5) is 10.7. The first-order chi connectivity index (χ1) is 7.13. The van der Waals surface area contributed by atoms with E-state index in [9.17, 15) is 4.79 Å². The van der Waals surface area contributed by atoms with Crippen LogP contribution in [0.2, 0.25) is 0 Å². The molecule has 1 rings (SSSR count). The molecule has 0 aliphatic carbocycles. The Morgan fingerprint density at radius 1 is 1.47 bits per heavy atom. The predicted molar refractivity (Wildman–Crippen MR) is 61.7 cm³/mol. The van der Waals surface area contributed by atoms with E-state index in [1.807, 2.05) is 6.07 Å². The molecular formula is C10H11Cl2NO2. The molecule has 1 N–H and O–H groups in total. The fourth-order valence-electron chi connectivity index (χ4n) is 1.09. The second-order valence-corrected chi connectivity index (χ2v) is 4.12. The molecule has 1 aromatic rings. The summed E-state index contributed by atoms with van der Waals surface area (Å²) in [5.74, 6) is 0.362. The lowest BCUT2D eigenvalue weighted by atomic mass is 10.3. The fourth-order valence-corrected chi connectivity index (χ4v) is 1.37. The molecule has 0 bridgehead atoms. The number of carbonyl (C=O) groups is 1. The molecular weight excluding hydrogens is 237 g/mol. The van der Waals surface area contributed by atoms with Gasteiger partial charge in [0.2, 0.25) is 5.91 Å². The molecule has 0 saturated heterocycles. The van der Waals surface area contributed by atoms with Crippen molar-refractivity contribution in [3.8, 4) is 5.75 Å². The minimum Gasteiger partial charge on any atom is -0.495 e. The van der Waals surface area contributed by atoms with Crippen LogP contribution in [-0.2, 0) is 4.79 Å². The van der Waals surface area contributed by atoms with Crippen LogP contribution in [0.3, 0.4) is 0 Å². The van der Waals surface area contributed by atoms with Crippen molar-refractivity contribution in [3.05, 3.63) is 24.3 Å². The number of carbonyl (C=O) groups excluding carboxylic acids is 1. The predicted octanol–water partition coefficient (Wildman–Crippen LogP) is 2.83. The van der Waals surface area contributed by atoms with Gasteiger partial charge >= 0.3 is 0 Å². The monoisotopic (exact) mass is 247 g/mol. The van der Waals surface area contributed by atoms with Crippen molar-refractivity contribution >= 4 is 34.8 Å². The van der Waals surface area contributed by atoms with Crippen LogP contribution < -0.4 is 10.1 Å². The van der Waals surface area contributed by atoms with Gasteiger partial charge in [-0.1, -0.05) is 12.1 Å². The quantitative estimate of drug-likeness (QED) is 0.832. The van der Waals surface area contributed by atoms with Crippen molar-refractivity contribution in [3.63, 3.8) is 0 Å². The minimum atomic E-state index is -0.695. The molecule has 0 aliphatic rings. The number of anilines is 1. The number of hydrogen-bond donors (Lipinski definition) is 1. The van der Waals surface area contributed by atoms with Crippen molar-refractivity contribution in [2.45, 2.75) is 11.3 Å². The van der Waals surface area contributed by atoms with E-state index in [1.165, 1.54) is 7.11 Å². The van der Waals surface area contributed by atoms with Gasteiger partial charge in [0.1, 0.15) is 10.6 Å². The van der Waals surface area contributed by atoms with Crippen molar-refractivity contribution in [2.24, 2.45) is 0 Å². The fraction of sp³-hybridized carbons (Fsp3) is 0.300. The van der Waals surface area contributed by atoms with Crippen LogP contribution in [0.5, 0.6) is 5.75 Å². The number of benzene rings is 1. The summed E-state index contributed by atoms with van der Waals surface area (Å²) in [7, 11) is 1.54. The molecule has 0 aliphatic heterocycles. The number of halogens is 2. The smallest absolute Gasteiger partial charge is 0.227 e. The van der Waals surface area contributed by atoms with E-state index in [2.05, 4.69) is 5.32 Å². The van der Waals surface area contributed by atoms with Crippen LogP contribution in [0.25, 0.3) is 0 Å². The Kier molecular flexibility index (Phi) is 4.72. The van der Waals surface area contributed by atoms with Crippen molar-refractivity contribution in [2.75, 3.05) is 12.4 Å². The van der Waals surface area contributed by atoms with Crippen molar-refractivity contribution in [1.82, 2.24) is 0 Å². The van der Waals surface area contributed by atoms with Gasteiger partial charge in [-0.25, -0.2) is 0 Å². The first kappa shape index (κ1) is 12.1. The van der Waals surface area contributed by atoms with Gasteiger partial charge in [-0.3, -0.25) is 4.79 Å². The van der Waals surface area contributed by atoms with Crippen LogP contribution in [0.1, 0.15) is 6.42 Å². The minimum absolute atomic E-state index is 0.0567. The van der Waals surface area contributed by atoms with E-state index in [-0.39, 0.29) is 12.3 Å². The zero-order chi connectivity index (χ0) is 11.3. The summed E-state index contributed by atoms with van der Waals surface area (Å²) in [5.41, 5.74) is 0.610. The molecule has 82 valence electrons. The summed E-state index contributed by atoms with van der Waals surface area (Å²) in [6, 6.07) is 7.13. The molecule has 0 heterocycles. The zero-order valence-corrected chi connectivity index (χ0v) is 9.68. The number of alkyl halides is 2. The Morgan fingerprint density at radius 2 is 2.13 bits per heavy atom. The highest BCUT2D eigenvalue weighted by atomic mass is 35.5. The molecule has 0 saturated carbocycles. The third kappa shape index (κ3) is 3.98. The second-order valence-electron chi connectivity index (χ2n) is 2.84. The molecule has 0 radical (unpaired) electrons. The highest BCUT2D eigenvalue weighted by Gasteiger charge is 2.10. The highest BCUT2D eigenvalue weighted by Crippen LogP contribution is 2.23. The highest BCUT2D eigenvalue weighted by molar-refractivity contribution is 6.45. The summed E-state index contributed by atoms with van der Waals surface area (Å²) >= 11 is 11.0. The zero-order valence-electron chi connectivity index (χ0n) is 8.17. The van der Waals surface area contributed by atoms with Crippen LogP contribution >= 0.6 is 23.2 Å². The molecule has 3 nitrogen and oxygen atoms in total. The van der Waals surface area contributed by atoms with E-state index in [4.69, 9.17) is 27.9 Å². The summed E-state index contributed by atoms with van der Waals surface area (Å²) in [5, 5.41) is 2.66. The van der Waals surface area contributed by atoms with E-state index >= 15 is 0 Å². The lowest BCUT2D eigenvalue weighted by molar-refractivity contribution is -0.116. The lowest BCUT2D eigenvalue weighted by Gasteiger charge is -2.09. The number of ether oxygens (including phenoxy) is 1. The average molecular weight is 248 g/mol. The molecule has 0 fully saturated rings. The van der Waals surface area contributed by atoms with Gasteiger partial charge < -0.3 is 10.1 Å². The number of para-hydroxylation sites is 2. The second kappa shape index (κ2) is 5.83. The molecule has 15 heavy (non-hydrogen) atoms. The summed E-state index contributed by atoms with van der Waals surface area (Å²) < 4.78 is 5.07. The number of hydrogen-bond acceptors (Lipinski definition) is 2. The largest absolute Gasteiger partial charge is 0.495 e. The maximum atomic E-state index is 11.4. The topological polar surface area (TPSA) is 38.3 Å². The molecule has 0 aromatic heterocycles. The first-order valence-electron chi connectivity index (χ1n) is 4.34. The Morgan fingerprint density at radius 3 is 2.73 bits per heavy atom. The van der Waals surface area contributed by atoms with Gasteiger partial charge in [-0.15, -0.1) is 23.2 Å². The normalized spacial score (nSPS) is 10.1. The van der Waals surface area contributed by atoms with Crippen LogP contribution in [0.4, 0.5) is 5.69 Å². The molecule has 0 unspecified atom stereocenters. The number of rotatable bonds is 4. The SMILES string of the molecule is COc1ccccc1NC(=O)CC(Cl)Cl. The van der Waals surface area contributed by atoms with E-state index in [1.54, 1.807) is 18.2 Å². The van der Waals surface area contributed by atoms with Crippen LogP contribution in [0.15, 0.2) is 24.3 Å². The number of methoxy groups -OCH3 is 1. The third-order valence-corrected chi connectivity index (χ3v) is 2.03. The molecule has 0 atom stereocenters. The first-order valence-corrected chi connectivity index (χ1v) is 5.21.